The number of rotatable bonds is 2. The van der Waals surface area contributed by atoms with Gasteiger partial charge in [0.2, 0.25) is 0 Å². The van der Waals surface area contributed by atoms with Crippen LogP contribution in [0.15, 0.2) is 36.5 Å². The molecule has 1 aliphatic rings. The zero-order valence-electron chi connectivity index (χ0n) is 12.4. The summed E-state index contributed by atoms with van der Waals surface area (Å²) in [6, 6.07) is 10.5. The molecule has 1 fully saturated rings. The summed E-state index contributed by atoms with van der Waals surface area (Å²) in [6.07, 6.45) is 3.78. The van der Waals surface area contributed by atoms with Gasteiger partial charge in [0.25, 0.3) is 0 Å². The Morgan fingerprint density at radius 2 is 1.70 bits per heavy atom. The van der Waals surface area contributed by atoms with Crippen LogP contribution in [0, 0.1) is 0 Å². The lowest BCUT2D eigenvalue weighted by Gasteiger charge is -2.19. The van der Waals surface area contributed by atoms with Crippen LogP contribution in [0.25, 0.3) is 11.3 Å². The average Bonchev–Trinajstić information content (AvgIpc) is 3.18. The van der Waals surface area contributed by atoms with Gasteiger partial charge in [0, 0.05) is 11.8 Å². The van der Waals surface area contributed by atoms with Crippen molar-refractivity contribution in [3.05, 3.63) is 47.9 Å². The molecule has 0 unspecified atom stereocenters. The van der Waals surface area contributed by atoms with E-state index in [4.69, 9.17) is 5.73 Å². The Bertz CT molecular complexity index is 619. The third-order valence-electron chi connectivity index (χ3n) is 3.94. The van der Waals surface area contributed by atoms with Gasteiger partial charge in [-0.2, -0.15) is 0 Å². The van der Waals surface area contributed by atoms with Gasteiger partial charge in [-0.15, -0.1) is 0 Å². The second kappa shape index (κ2) is 4.38. The molecule has 3 heteroatoms. The van der Waals surface area contributed by atoms with Gasteiger partial charge in [0.1, 0.15) is 5.82 Å². The van der Waals surface area contributed by atoms with Gasteiger partial charge in [0.15, 0.2) is 0 Å². The molecule has 1 aliphatic carbocycles. The minimum absolute atomic E-state index is 0.171. The standard InChI is InChI=1S/C17H21N3/c1-16(2,3)13-6-4-12(5-7-13)14-8-11-19-15(20-14)17(18)9-10-17/h4-8,11H,9-10,18H2,1-3H3. The van der Waals surface area contributed by atoms with Crippen LogP contribution in [0.1, 0.15) is 45.0 Å². The number of aromatic nitrogens is 2. The lowest BCUT2D eigenvalue weighted by molar-refractivity contribution is 0.590. The van der Waals surface area contributed by atoms with E-state index in [0.29, 0.717) is 0 Å². The number of hydrogen-bond acceptors (Lipinski definition) is 3. The number of benzene rings is 1. The molecule has 0 aliphatic heterocycles. The largest absolute Gasteiger partial charge is 0.319 e. The highest BCUT2D eigenvalue weighted by Crippen LogP contribution is 2.41. The van der Waals surface area contributed by atoms with Crippen LogP contribution < -0.4 is 5.73 Å². The van der Waals surface area contributed by atoms with Crippen molar-refractivity contribution in [3.63, 3.8) is 0 Å². The number of nitrogens with zero attached hydrogens (tertiary/aromatic N) is 2. The molecule has 0 spiro atoms. The van der Waals surface area contributed by atoms with Gasteiger partial charge in [-0.3, -0.25) is 0 Å². The summed E-state index contributed by atoms with van der Waals surface area (Å²) in [7, 11) is 0. The summed E-state index contributed by atoms with van der Waals surface area (Å²) >= 11 is 0. The third kappa shape index (κ3) is 2.46. The maximum atomic E-state index is 6.17. The Labute approximate surface area is 120 Å². The normalized spacial score (nSPS) is 17.0. The summed E-state index contributed by atoms with van der Waals surface area (Å²) in [5.41, 5.74) is 9.46. The average molecular weight is 267 g/mol. The fourth-order valence-corrected chi connectivity index (χ4v) is 2.26. The monoisotopic (exact) mass is 267 g/mol. The van der Waals surface area contributed by atoms with Crippen LogP contribution in [0.4, 0.5) is 0 Å². The maximum Gasteiger partial charge on any atom is 0.148 e. The Kier molecular flexibility index (Phi) is 2.91. The summed E-state index contributed by atoms with van der Waals surface area (Å²) < 4.78 is 0. The van der Waals surface area contributed by atoms with Crippen molar-refractivity contribution in [2.24, 2.45) is 5.73 Å². The van der Waals surface area contributed by atoms with Crippen LogP contribution in [0.3, 0.4) is 0 Å². The SMILES string of the molecule is CC(C)(C)c1ccc(-c2ccnc(C3(N)CC3)n2)cc1. The van der Waals surface area contributed by atoms with Crippen LogP contribution >= 0.6 is 0 Å². The fraction of sp³-hybridized carbons (Fsp3) is 0.412. The first kappa shape index (κ1) is 13.3. The predicted molar refractivity (Wildman–Crippen MR) is 81.3 cm³/mol. The first-order valence-corrected chi connectivity index (χ1v) is 7.12. The highest BCUT2D eigenvalue weighted by Gasteiger charge is 2.43. The molecule has 104 valence electrons. The molecule has 0 atom stereocenters. The van der Waals surface area contributed by atoms with Gasteiger partial charge < -0.3 is 5.73 Å². The number of nitrogens with two attached hydrogens (primary N) is 1. The smallest absolute Gasteiger partial charge is 0.148 e. The zero-order chi connectivity index (χ0) is 14.4. The van der Waals surface area contributed by atoms with Crippen LogP contribution in [0.5, 0.6) is 0 Å². The van der Waals surface area contributed by atoms with E-state index in [1.807, 2.05) is 12.3 Å². The van der Waals surface area contributed by atoms with Crippen molar-refractivity contribution in [1.82, 2.24) is 9.97 Å². The van der Waals surface area contributed by atoms with E-state index in [9.17, 15) is 0 Å². The molecule has 1 aromatic carbocycles. The van der Waals surface area contributed by atoms with Gasteiger partial charge in [0.05, 0.1) is 11.2 Å². The van der Waals surface area contributed by atoms with Crippen molar-refractivity contribution in [2.75, 3.05) is 0 Å². The molecule has 2 N–H and O–H groups in total. The van der Waals surface area contributed by atoms with Crippen molar-refractivity contribution < 1.29 is 0 Å². The van der Waals surface area contributed by atoms with Gasteiger partial charge in [-0.25, -0.2) is 9.97 Å². The van der Waals surface area contributed by atoms with E-state index in [0.717, 1.165) is 29.9 Å². The second-order valence-corrected chi connectivity index (χ2v) is 6.75. The summed E-state index contributed by atoms with van der Waals surface area (Å²) in [6.45, 7) is 6.65. The van der Waals surface area contributed by atoms with E-state index < -0.39 is 0 Å². The Balaban J connectivity index is 1.93. The maximum absolute atomic E-state index is 6.17. The lowest BCUT2D eigenvalue weighted by Crippen LogP contribution is -2.22. The van der Waals surface area contributed by atoms with E-state index in [2.05, 4.69) is 55.0 Å². The Morgan fingerprint density at radius 3 is 2.25 bits per heavy atom. The summed E-state index contributed by atoms with van der Waals surface area (Å²) in [5.74, 6) is 0.773. The minimum Gasteiger partial charge on any atom is -0.319 e. The van der Waals surface area contributed by atoms with E-state index in [1.54, 1.807) is 0 Å². The summed E-state index contributed by atoms with van der Waals surface area (Å²) in [5, 5.41) is 0. The first-order chi connectivity index (χ1) is 9.38. The predicted octanol–water partition coefficient (Wildman–Crippen LogP) is 3.39. The second-order valence-electron chi connectivity index (χ2n) is 6.75. The number of hydrogen-bond donors (Lipinski definition) is 1. The molecule has 3 nitrogen and oxygen atoms in total. The third-order valence-corrected chi connectivity index (χ3v) is 3.94. The topological polar surface area (TPSA) is 51.8 Å². The van der Waals surface area contributed by atoms with Crippen molar-refractivity contribution in [2.45, 2.75) is 44.6 Å². The molecular formula is C17H21N3. The van der Waals surface area contributed by atoms with Crippen molar-refractivity contribution in [3.8, 4) is 11.3 Å². The Hall–Kier alpha value is -1.74. The minimum atomic E-state index is -0.276. The first-order valence-electron chi connectivity index (χ1n) is 7.12. The van der Waals surface area contributed by atoms with Crippen molar-refractivity contribution >= 4 is 0 Å². The molecule has 20 heavy (non-hydrogen) atoms. The van der Waals surface area contributed by atoms with Crippen LogP contribution in [-0.4, -0.2) is 9.97 Å². The van der Waals surface area contributed by atoms with Crippen molar-refractivity contribution in [1.29, 1.82) is 0 Å². The van der Waals surface area contributed by atoms with Gasteiger partial charge >= 0.3 is 0 Å². The molecular weight excluding hydrogens is 246 g/mol. The lowest BCUT2D eigenvalue weighted by atomic mass is 9.86. The van der Waals surface area contributed by atoms with Crippen LogP contribution in [0.2, 0.25) is 0 Å². The molecule has 1 aromatic heterocycles. The fourth-order valence-electron chi connectivity index (χ4n) is 2.26. The van der Waals surface area contributed by atoms with E-state index in [1.165, 1.54) is 5.56 Å². The quantitative estimate of drug-likeness (QED) is 0.907. The highest BCUT2D eigenvalue weighted by atomic mass is 15.0. The Morgan fingerprint density at radius 1 is 1.05 bits per heavy atom. The zero-order valence-corrected chi connectivity index (χ0v) is 12.4. The van der Waals surface area contributed by atoms with E-state index >= 15 is 0 Å². The molecule has 0 amide bonds. The van der Waals surface area contributed by atoms with Gasteiger partial charge in [-0.1, -0.05) is 45.0 Å². The molecule has 0 bridgehead atoms. The molecule has 0 radical (unpaired) electrons. The van der Waals surface area contributed by atoms with Crippen LogP contribution in [-0.2, 0) is 11.0 Å². The van der Waals surface area contributed by atoms with E-state index in [-0.39, 0.29) is 11.0 Å². The molecule has 0 saturated heterocycles. The molecule has 2 aromatic rings. The molecule has 1 saturated carbocycles. The highest BCUT2D eigenvalue weighted by molar-refractivity contribution is 5.59. The summed E-state index contributed by atoms with van der Waals surface area (Å²) in [4.78, 5) is 8.95. The molecule has 1 heterocycles. The molecule has 3 rings (SSSR count). The van der Waals surface area contributed by atoms with Gasteiger partial charge in [-0.05, 0) is 29.9 Å².